The van der Waals surface area contributed by atoms with Gasteiger partial charge in [0, 0.05) is 25.7 Å². The second kappa shape index (κ2) is 59.8. The van der Waals surface area contributed by atoms with E-state index < -0.39 is 97.5 Å². The van der Waals surface area contributed by atoms with Crippen molar-refractivity contribution < 1.29 is 80.2 Å². The Bertz CT molecular complexity index is 1760. The van der Waals surface area contributed by atoms with Gasteiger partial charge in [-0.3, -0.25) is 37.3 Å². The third-order valence-corrected chi connectivity index (χ3v) is 18.0. The standard InChI is InChI=1S/C70H136O17P2/c1-60(2)46-38-30-22-15-11-9-10-12-17-26-34-42-50-67(72)80-56-65(86-69(74)52-44-36-27-18-14-13-16-23-31-39-47-61(3)4)58-84-88(76,77)82-54-64(71)55-83-89(78,79)85-59-66(57-81-68(73)51-43-35-29-21-25-33-41-49-63(7)8)87-70(75)53-45-37-28-20-19-24-32-40-48-62(5)6/h60-66,71H,9-59H2,1-8H3,(H,76,77)(H,78,79)/t64?,65-,66-/m1/s1. The summed E-state index contributed by atoms with van der Waals surface area (Å²) in [5.74, 6) is 0.826. The molecule has 0 saturated carbocycles. The quantitative estimate of drug-likeness (QED) is 0.0222. The molecule has 5 atom stereocenters. The number of aliphatic hydroxyl groups excluding tert-OH is 1. The van der Waals surface area contributed by atoms with Gasteiger partial charge in [-0.05, 0) is 49.4 Å². The van der Waals surface area contributed by atoms with Crippen LogP contribution in [0.15, 0.2) is 0 Å². The van der Waals surface area contributed by atoms with E-state index in [1.807, 2.05) is 0 Å². The summed E-state index contributed by atoms with van der Waals surface area (Å²) in [6.07, 6.45) is 41.8. The summed E-state index contributed by atoms with van der Waals surface area (Å²) in [6, 6.07) is 0. The Hall–Kier alpha value is -1.94. The summed E-state index contributed by atoms with van der Waals surface area (Å²) in [4.78, 5) is 72.5. The minimum absolute atomic E-state index is 0.103. The molecular formula is C70H136O17P2. The monoisotopic (exact) mass is 1310 g/mol. The Morgan fingerprint density at radius 2 is 0.472 bits per heavy atom. The fourth-order valence-corrected chi connectivity index (χ4v) is 12.1. The van der Waals surface area contributed by atoms with Crippen LogP contribution in [0.3, 0.4) is 0 Å². The number of rotatable bonds is 67. The highest BCUT2D eigenvalue weighted by atomic mass is 31.2. The molecule has 0 bridgehead atoms. The molecule has 0 aromatic carbocycles. The van der Waals surface area contributed by atoms with Crippen LogP contribution >= 0.6 is 15.6 Å². The Labute approximate surface area is 543 Å². The van der Waals surface area contributed by atoms with E-state index in [-0.39, 0.29) is 25.7 Å². The second-order valence-corrected chi connectivity index (χ2v) is 30.1. The maximum absolute atomic E-state index is 13.0. The van der Waals surface area contributed by atoms with E-state index in [2.05, 4.69) is 55.4 Å². The molecule has 0 aliphatic heterocycles. The second-order valence-electron chi connectivity index (χ2n) is 27.2. The zero-order valence-corrected chi connectivity index (χ0v) is 59.8. The smallest absolute Gasteiger partial charge is 0.462 e. The van der Waals surface area contributed by atoms with Gasteiger partial charge in [0.2, 0.25) is 0 Å². The van der Waals surface area contributed by atoms with Gasteiger partial charge in [0.05, 0.1) is 26.4 Å². The molecule has 0 saturated heterocycles. The molecule has 0 radical (unpaired) electrons. The zero-order chi connectivity index (χ0) is 66.1. The van der Waals surface area contributed by atoms with E-state index in [1.54, 1.807) is 0 Å². The van der Waals surface area contributed by atoms with Gasteiger partial charge < -0.3 is 33.8 Å². The summed E-state index contributed by atoms with van der Waals surface area (Å²) >= 11 is 0. The molecule has 0 spiro atoms. The van der Waals surface area contributed by atoms with E-state index in [1.165, 1.54) is 141 Å². The predicted molar refractivity (Wildman–Crippen MR) is 358 cm³/mol. The molecular weight excluding hydrogens is 1170 g/mol. The van der Waals surface area contributed by atoms with Crippen molar-refractivity contribution in [2.24, 2.45) is 23.7 Å². The first-order chi connectivity index (χ1) is 42.6. The first-order valence-corrected chi connectivity index (χ1v) is 39.2. The molecule has 3 N–H and O–H groups in total. The molecule has 17 nitrogen and oxygen atoms in total. The Balaban J connectivity index is 5.25. The van der Waals surface area contributed by atoms with E-state index in [9.17, 15) is 43.2 Å². The summed E-state index contributed by atoms with van der Waals surface area (Å²) in [6.45, 7) is 14.1. The highest BCUT2D eigenvalue weighted by molar-refractivity contribution is 7.47. The summed E-state index contributed by atoms with van der Waals surface area (Å²) in [5, 5.41) is 10.6. The number of aliphatic hydroxyl groups is 1. The van der Waals surface area contributed by atoms with Crippen LogP contribution in [0, 0.1) is 23.7 Å². The molecule has 89 heavy (non-hydrogen) atoms. The molecule has 0 fully saturated rings. The molecule has 0 aliphatic carbocycles. The summed E-state index contributed by atoms with van der Waals surface area (Å²) in [5.41, 5.74) is 0. The molecule has 3 unspecified atom stereocenters. The third-order valence-electron chi connectivity index (χ3n) is 16.1. The average Bonchev–Trinajstić information content (AvgIpc) is 3.66. The summed E-state index contributed by atoms with van der Waals surface area (Å²) in [7, 11) is -9.90. The van der Waals surface area contributed by atoms with Crippen LogP contribution in [0.5, 0.6) is 0 Å². The van der Waals surface area contributed by atoms with Crippen LogP contribution in [0.4, 0.5) is 0 Å². The van der Waals surface area contributed by atoms with Crippen molar-refractivity contribution in [2.45, 2.75) is 363 Å². The van der Waals surface area contributed by atoms with E-state index in [4.69, 9.17) is 37.0 Å². The van der Waals surface area contributed by atoms with Crippen LogP contribution in [0.25, 0.3) is 0 Å². The molecule has 0 heterocycles. The zero-order valence-electron chi connectivity index (χ0n) is 58.1. The lowest BCUT2D eigenvalue weighted by molar-refractivity contribution is -0.161. The summed E-state index contributed by atoms with van der Waals surface area (Å²) < 4.78 is 68.3. The van der Waals surface area contributed by atoms with Crippen molar-refractivity contribution in [2.75, 3.05) is 39.6 Å². The maximum atomic E-state index is 13.0. The van der Waals surface area contributed by atoms with Gasteiger partial charge in [0.15, 0.2) is 12.2 Å². The Kier molecular flexibility index (Phi) is 58.5. The fraction of sp³-hybridized carbons (Fsp3) is 0.943. The molecule has 528 valence electrons. The van der Waals surface area contributed by atoms with Crippen molar-refractivity contribution in [1.82, 2.24) is 0 Å². The molecule has 19 heteroatoms. The molecule has 0 amide bonds. The highest BCUT2D eigenvalue weighted by Gasteiger charge is 2.30. The number of esters is 4. The topological polar surface area (TPSA) is 237 Å². The number of carbonyl (C=O) groups is 4. The van der Waals surface area contributed by atoms with Gasteiger partial charge in [-0.15, -0.1) is 0 Å². The number of hydrogen-bond donors (Lipinski definition) is 3. The largest absolute Gasteiger partial charge is 0.472 e. The van der Waals surface area contributed by atoms with Gasteiger partial charge in [-0.1, -0.05) is 293 Å². The lowest BCUT2D eigenvalue weighted by Gasteiger charge is -2.21. The van der Waals surface area contributed by atoms with E-state index in [0.29, 0.717) is 31.6 Å². The van der Waals surface area contributed by atoms with Crippen molar-refractivity contribution >= 4 is 39.5 Å². The first kappa shape index (κ1) is 87.1. The number of hydrogen-bond acceptors (Lipinski definition) is 15. The predicted octanol–water partition coefficient (Wildman–Crippen LogP) is 19.7. The van der Waals surface area contributed by atoms with Crippen molar-refractivity contribution in [3.8, 4) is 0 Å². The normalized spacial score (nSPS) is 14.3. The maximum Gasteiger partial charge on any atom is 0.472 e. The lowest BCUT2D eigenvalue weighted by atomic mass is 10.0. The Morgan fingerprint density at radius 3 is 0.697 bits per heavy atom. The SMILES string of the molecule is CC(C)CCCCCCCCCCCCCCC(=O)OC[C@H](COP(=O)(O)OCC(O)COP(=O)(O)OC[C@@H](COC(=O)CCCCCCCCCC(C)C)OC(=O)CCCCCCCCCCC(C)C)OC(=O)CCCCCCCCCCCCC(C)C. The average molecular weight is 1310 g/mol. The molecule has 0 rings (SSSR count). The highest BCUT2D eigenvalue weighted by Crippen LogP contribution is 2.45. The van der Waals surface area contributed by atoms with Crippen LogP contribution in [0.1, 0.15) is 344 Å². The van der Waals surface area contributed by atoms with Gasteiger partial charge in [-0.25, -0.2) is 9.13 Å². The van der Waals surface area contributed by atoms with Crippen LogP contribution in [-0.2, 0) is 65.4 Å². The van der Waals surface area contributed by atoms with Crippen molar-refractivity contribution in [3.63, 3.8) is 0 Å². The molecule has 0 aliphatic rings. The third kappa shape index (κ3) is 64.6. The number of phosphoric ester groups is 2. The molecule has 0 aromatic heterocycles. The fourth-order valence-electron chi connectivity index (χ4n) is 10.5. The van der Waals surface area contributed by atoms with Gasteiger partial charge >= 0.3 is 39.5 Å². The van der Waals surface area contributed by atoms with Crippen molar-refractivity contribution in [1.29, 1.82) is 0 Å². The number of phosphoric acid groups is 2. The van der Waals surface area contributed by atoms with E-state index >= 15 is 0 Å². The minimum atomic E-state index is -4.95. The van der Waals surface area contributed by atoms with E-state index in [0.717, 1.165) is 114 Å². The number of ether oxygens (including phenoxy) is 4. The lowest BCUT2D eigenvalue weighted by Crippen LogP contribution is -2.30. The Morgan fingerprint density at radius 1 is 0.281 bits per heavy atom. The number of carbonyl (C=O) groups excluding carboxylic acids is 4. The molecule has 0 aromatic rings. The number of unbranched alkanes of at least 4 members (excludes halogenated alkanes) is 33. The van der Waals surface area contributed by atoms with Crippen molar-refractivity contribution in [3.05, 3.63) is 0 Å². The van der Waals surface area contributed by atoms with Crippen LogP contribution in [0.2, 0.25) is 0 Å². The van der Waals surface area contributed by atoms with Crippen LogP contribution in [-0.4, -0.2) is 96.7 Å². The minimum Gasteiger partial charge on any atom is -0.462 e. The van der Waals surface area contributed by atoms with Gasteiger partial charge in [-0.2, -0.15) is 0 Å². The first-order valence-electron chi connectivity index (χ1n) is 36.2. The van der Waals surface area contributed by atoms with Crippen LogP contribution < -0.4 is 0 Å². The van der Waals surface area contributed by atoms with Gasteiger partial charge in [0.25, 0.3) is 0 Å². The van der Waals surface area contributed by atoms with Gasteiger partial charge in [0.1, 0.15) is 19.3 Å².